The molecule has 2 heterocycles. The number of carboxylic acid groups (broad SMARTS) is 1. The number of urea groups is 1. The first-order valence-corrected chi connectivity index (χ1v) is 11.0. The Morgan fingerprint density at radius 2 is 1.88 bits per heavy atom. The molecular weight excluding hydrogens is 446 g/mol. The Morgan fingerprint density at radius 3 is 2.50 bits per heavy atom. The Kier molecular flexibility index (Phi) is 8.29. The zero-order chi connectivity index (χ0) is 24.8. The van der Waals surface area contributed by atoms with Crippen LogP contribution in [0, 0.1) is 0 Å². The molecule has 2 saturated heterocycles. The third-order valence-corrected chi connectivity index (χ3v) is 5.95. The molecule has 12 nitrogen and oxygen atoms in total. The molecule has 0 aliphatic carbocycles. The number of fused-ring (bicyclic) bond motifs is 1. The van der Waals surface area contributed by atoms with Gasteiger partial charge in [-0.3, -0.25) is 14.4 Å². The van der Waals surface area contributed by atoms with E-state index in [1.165, 1.54) is 26.9 Å². The summed E-state index contributed by atoms with van der Waals surface area (Å²) in [6.45, 7) is 0.780. The second-order valence-electron chi connectivity index (χ2n) is 8.17. The third kappa shape index (κ3) is 5.57. The number of hydrogen-bond acceptors (Lipinski definition) is 7. The fourth-order valence-electron chi connectivity index (χ4n) is 4.25. The number of hydrogen-bond donors (Lipinski definition) is 2. The first kappa shape index (κ1) is 25.2. The normalized spacial score (nSPS) is 20.9. The van der Waals surface area contributed by atoms with Gasteiger partial charge in [0.15, 0.2) is 0 Å². The van der Waals surface area contributed by atoms with Crippen LogP contribution < -0.4 is 10.1 Å². The van der Waals surface area contributed by atoms with Gasteiger partial charge in [0.25, 0.3) is 0 Å². The summed E-state index contributed by atoms with van der Waals surface area (Å²) in [7, 11) is 4.72. The number of rotatable bonds is 9. The molecule has 1 aromatic carbocycles. The average Bonchev–Trinajstić information content (AvgIpc) is 2.81. The number of carboxylic acids is 1. The van der Waals surface area contributed by atoms with Crippen LogP contribution in [0.1, 0.15) is 18.4 Å². The van der Waals surface area contributed by atoms with Crippen molar-refractivity contribution in [2.75, 3.05) is 47.5 Å². The van der Waals surface area contributed by atoms with Crippen molar-refractivity contribution >= 4 is 23.8 Å². The zero-order valence-corrected chi connectivity index (χ0v) is 19.6. The highest BCUT2D eigenvalue weighted by molar-refractivity contribution is 5.91. The number of nitrogens with one attached hydrogen (secondary N) is 1. The van der Waals surface area contributed by atoms with Gasteiger partial charge in [0.2, 0.25) is 11.8 Å². The summed E-state index contributed by atoms with van der Waals surface area (Å²) in [6, 6.07) is 5.86. The van der Waals surface area contributed by atoms with Crippen molar-refractivity contribution in [1.29, 1.82) is 0 Å². The van der Waals surface area contributed by atoms with Crippen LogP contribution in [0.3, 0.4) is 0 Å². The van der Waals surface area contributed by atoms with E-state index in [2.05, 4.69) is 5.32 Å². The number of methoxy groups -OCH3 is 2. The quantitative estimate of drug-likeness (QED) is 0.506. The molecule has 2 unspecified atom stereocenters. The van der Waals surface area contributed by atoms with Crippen LogP contribution in [0.4, 0.5) is 4.79 Å². The summed E-state index contributed by atoms with van der Waals surface area (Å²) in [4.78, 5) is 53.3. The minimum Gasteiger partial charge on any atom is -0.497 e. The van der Waals surface area contributed by atoms with Crippen LogP contribution in [0.2, 0.25) is 0 Å². The molecule has 2 aliphatic heterocycles. The number of carbonyl (C=O) groups is 4. The van der Waals surface area contributed by atoms with E-state index in [1.54, 1.807) is 26.3 Å². The van der Waals surface area contributed by atoms with Crippen molar-refractivity contribution in [2.24, 2.45) is 0 Å². The van der Waals surface area contributed by atoms with E-state index in [4.69, 9.17) is 14.6 Å². The van der Waals surface area contributed by atoms with Crippen LogP contribution in [0.15, 0.2) is 24.3 Å². The molecule has 0 bridgehead atoms. The lowest BCUT2D eigenvalue weighted by atomic mass is 10.0. The van der Waals surface area contributed by atoms with Crippen LogP contribution in [0.25, 0.3) is 0 Å². The molecule has 186 valence electrons. The minimum absolute atomic E-state index is 0.0368. The van der Waals surface area contributed by atoms with Gasteiger partial charge in [-0.2, -0.15) is 0 Å². The average molecular weight is 478 g/mol. The SMILES string of the molecule is COCCN1CC2N(C(=O)CN(C)N2C(=O)NCc2ccc(OC)cc2)C(CCC(=O)O)C1=O. The maximum atomic E-state index is 13.2. The molecule has 1 aromatic rings. The molecule has 0 radical (unpaired) electrons. The summed E-state index contributed by atoms with van der Waals surface area (Å²) < 4.78 is 10.2. The number of carbonyl (C=O) groups excluding carboxylic acids is 3. The first-order valence-electron chi connectivity index (χ1n) is 11.0. The highest BCUT2D eigenvalue weighted by Gasteiger charge is 2.50. The van der Waals surface area contributed by atoms with E-state index < -0.39 is 24.2 Å². The van der Waals surface area contributed by atoms with Gasteiger partial charge in [-0.1, -0.05) is 12.1 Å². The predicted molar refractivity (Wildman–Crippen MR) is 119 cm³/mol. The Bertz CT molecular complexity index is 909. The number of benzene rings is 1. The maximum Gasteiger partial charge on any atom is 0.334 e. The molecule has 12 heteroatoms. The predicted octanol–water partition coefficient (Wildman–Crippen LogP) is -0.0561. The van der Waals surface area contributed by atoms with Gasteiger partial charge in [-0.25, -0.2) is 14.8 Å². The Hall–Kier alpha value is -3.38. The van der Waals surface area contributed by atoms with E-state index in [9.17, 15) is 19.2 Å². The monoisotopic (exact) mass is 477 g/mol. The fourth-order valence-corrected chi connectivity index (χ4v) is 4.25. The van der Waals surface area contributed by atoms with Crippen LogP contribution in [-0.4, -0.2) is 108 Å². The molecular formula is C22H31N5O7. The fraction of sp³-hybridized carbons (Fsp3) is 0.545. The number of hydrazine groups is 1. The molecule has 4 amide bonds. The standard InChI is InChI=1S/C22H31N5O7/c1-24-14-19(28)26-17(8-9-20(29)30)21(31)25(10-11-33-2)13-18(26)27(24)22(32)23-12-15-4-6-16(34-3)7-5-15/h4-7,17-18H,8-14H2,1-3H3,(H,23,32)(H,29,30). The third-order valence-electron chi connectivity index (χ3n) is 5.95. The van der Waals surface area contributed by atoms with E-state index in [-0.39, 0.29) is 57.4 Å². The molecule has 0 aromatic heterocycles. The number of nitrogens with zero attached hydrogens (tertiary/aromatic N) is 4. The van der Waals surface area contributed by atoms with Crippen molar-refractivity contribution in [3.63, 3.8) is 0 Å². The minimum atomic E-state index is -1.06. The molecule has 2 N–H and O–H groups in total. The first-order chi connectivity index (χ1) is 16.3. The van der Waals surface area contributed by atoms with Gasteiger partial charge in [0.1, 0.15) is 18.0 Å². The lowest BCUT2D eigenvalue weighted by Gasteiger charge is -2.54. The molecule has 3 rings (SSSR count). The van der Waals surface area contributed by atoms with Gasteiger partial charge < -0.3 is 29.7 Å². The molecule has 2 aliphatic rings. The van der Waals surface area contributed by atoms with E-state index in [1.807, 2.05) is 12.1 Å². The molecule has 2 atom stereocenters. The van der Waals surface area contributed by atoms with Crippen molar-refractivity contribution in [2.45, 2.75) is 31.6 Å². The summed E-state index contributed by atoms with van der Waals surface area (Å²) in [5, 5.41) is 15.0. The number of ether oxygens (including phenoxy) is 2. The van der Waals surface area contributed by atoms with Crippen molar-refractivity contribution in [1.82, 2.24) is 25.1 Å². The smallest absolute Gasteiger partial charge is 0.334 e. The summed E-state index contributed by atoms with van der Waals surface area (Å²) >= 11 is 0. The summed E-state index contributed by atoms with van der Waals surface area (Å²) in [5.41, 5.74) is 0.863. The van der Waals surface area contributed by atoms with Crippen LogP contribution in [0.5, 0.6) is 5.75 Å². The van der Waals surface area contributed by atoms with Crippen LogP contribution in [-0.2, 0) is 25.7 Å². The number of aliphatic carboxylic acids is 1. The Balaban J connectivity index is 1.81. The number of piperazine rings is 1. The Morgan fingerprint density at radius 1 is 1.18 bits per heavy atom. The summed E-state index contributed by atoms with van der Waals surface area (Å²) in [6.07, 6.45) is -1.08. The van der Waals surface area contributed by atoms with Gasteiger partial charge in [-0.05, 0) is 24.1 Å². The van der Waals surface area contributed by atoms with Crippen molar-refractivity contribution < 1.29 is 33.8 Å². The molecule has 34 heavy (non-hydrogen) atoms. The second kappa shape index (κ2) is 11.2. The highest BCUT2D eigenvalue weighted by atomic mass is 16.5. The maximum absolute atomic E-state index is 13.2. The lowest BCUT2D eigenvalue weighted by Crippen LogP contribution is -2.76. The van der Waals surface area contributed by atoms with Crippen LogP contribution >= 0.6 is 0 Å². The second-order valence-corrected chi connectivity index (χ2v) is 8.17. The van der Waals surface area contributed by atoms with Gasteiger partial charge in [0.05, 0.1) is 26.8 Å². The van der Waals surface area contributed by atoms with Gasteiger partial charge in [-0.15, -0.1) is 0 Å². The number of amides is 4. The number of likely N-dealkylation sites (N-methyl/N-ethyl adjacent to an activating group) is 1. The van der Waals surface area contributed by atoms with Gasteiger partial charge in [0, 0.05) is 33.7 Å². The van der Waals surface area contributed by atoms with E-state index in [0.29, 0.717) is 5.75 Å². The molecule has 0 saturated carbocycles. The largest absolute Gasteiger partial charge is 0.497 e. The zero-order valence-electron chi connectivity index (χ0n) is 19.6. The topological polar surface area (TPSA) is 132 Å². The Labute approximate surface area is 197 Å². The van der Waals surface area contributed by atoms with Gasteiger partial charge >= 0.3 is 12.0 Å². The van der Waals surface area contributed by atoms with Crippen molar-refractivity contribution in [3.05, 3.63) is 29.8 Å². The van der Waals surface area contributed by atoms with E-state index >= 15 is 0 Å². The lowest BCUT2D eigenvalue weighted by molar-refractivity contribution is -0.188. The van der Waals surface area contributed by atoms with E-state index in [0.717, 1.165) is 5.56 Å². The molecule has 0 spiro atoms. The highest BCUT2D eigenvalue weighted by Crippen LogP contribution is 2.28. The molecule has 2 fully saturated rings. The summed E-state index contributed by atoms with van der Waals surface area (Å²) in [5.74, 6) is -1.03. The van der Waals surface area contributed by atoms with Crippen molar-refractivity contribution in [3.8, 4) is 5.75 Å².